The normalized spacial score (nSPS) is 25.6. The Bertz CT molecular complexity index is 597. The van der Waals surface area contributed by atoms with Crippen LogP contribution in [0.5, 0.6) is 0 Å². The first-order chi connectivity index (χ1) is 10.4. The number of anilines is 1. The molecule has 4 rings (SSSR count). The summed E-state index contributed by atoms with van der Waals surface area (Å²) in [5.41, 5.74) is 0.980. The van der Waals surface area contributed by atoms with Gasteiger partial charge in [0.1, 0.15) is 0 Å². The van der Waals surface area contributed by atoms with Crippen molar-refractivity contribution in [1.29, 1.82) is 0 Å². The fourth-order valence-corrected chi connectivity index (χ4v) is 3.38. The summed E-state index contributed by atoms with van der Waals surface area (Å²) in [6.07, 6.45) is 2.63. The number of fused-ring (bicyclic) bond motifs is 2. The van der Waals surface area contributed by atoms with Gasteiger partial charge in [-0.05, 0) is 37.4 Å². The maximum Gasteiger partial charge on any atom is 0.318 e. The fraction of sp³-hybridized carbons (Fsp3) is 0.500. The van der Waals surface area contributed by atoms with Crippen LogP contribution in [0.25, 0.3) is 11.5 Å². The number of nitrogens with zero attached hydrogens (tertiary/aromatic N) is 4. The molecular formula is C16H20N4O. The van der Waals surface area contributed by atoms with Gasteiger partial charge in [0.05, 0.1) is 0 Å². The van der Waals surface area contributed by atoms with Crippen molar-refractivity contribution in [2.75, 3.05) is 37.6 Å². The van der Waals surface area contributed by atoms with Crippen molar-refractivity contribution in [3.05, 3.63) is 30.3 Å². The number of benzene rings is 1. The highest BCUT2D eigenvalue weighted by Gasteiger charge is 2.28. The molecule has 0 N–H and O–H groups in total. The van der Waals surface area contributed by atoms with Gasteiger partial charge in [-0.15, -0.1) is 5.10 Å². The van der Waals surface area contributed by atoms with Crippen LogP contribution in [0.2, 0.25) is 0 Å². The van der Waals surface area contributed by atoms with Gasteiger partial charge >= 0.3 is 6.01 Å². The SMILES string of the molecule is c1ccc(-c2nnc(N3CCN4CCCC(C4)C3)o2)cc1. The first-order valence-corrected chi connectivity index (χ1v) is 7.75. The average molecular weight is 284 g/mol. The predicted octanol–water partition coefficient (Wildman–Crippen LogP) is 2.27. The highest BCUT2D eigenvalue weighted by atomic mass is 16.4. The maximum absolute atomic E-state index is 5.90. The molecule has 0 saturated carbocycles. The van der Waals surface area contributed by atoms with Gasteiger partial charge in [-0.25, -0.2) is 0 Å². The number of rotatable bonds is 2. The Morgan fingerprint density at radius 3 is 2.81 bits per heavy atom. The molecule has 0 amide bonds. The largest absolute Gasteiger partial charge is 0.403 e. The summed E-state index contributed by atoms with van der Waals surface area (Å²) in [6, 6.07) is 10.6. The summed E-state index contributed by atoms with van der Waals surface area (Å²) >= 11 is 0. The van der Waals surface area contributed by atoms with Crippen LogP contribution < -0.4 is 4.90 Å². The van der Waals surface area contributed by atoms with Crippen molar-refractivity contribution in [2.45, 2.75) is 12.8 Å². The summed E-state index contributed by atoms with van der Waals surface area (Å²) in [5.74, 6) is 1.34. The van der Waals surface area contributed by atoms with E-state index >= 15 is 0 Å². The van der Waals surface area contributed by atoms with Gasteiger partial charge in [-0.1, -0.05) is 23.3 Å². The van der Waals surface area contributed by atoms with Gasteiger partial charge in [0.2, 0.25) is 5.89 Å². The second-order valence-electron chi connectivity index (χ2n) is 6.01. The standard InChI is InChI=1S/C16H20N4O/c1-2-6-14(7-3-1)15-17-18-16(21-15)20-10-9-19-8-4-5-13(11-19)12-20/h1-3,6-7,13H,4-5,8-12H2. The Balaban J connectivity index is 1.55. The number of hydrogen-bond donors (Lipinski definition) is 0. The Hall–Kier alpha value is -1.88. The molecule has 1 aromatic carbocycles. The van der Waals surface area contributed by atoms with Crippen LogP contribution in [0.4, 0.5) is 6.01 Å². The van der Waals surface area contributed by atoms with E-state index in [1.54, 1.807) is 0 Å². The van der Waals surface area contributed by atoms with E-state index in [0.29, 0.717) is 11.9 Å². The van der Waals surface area contributed by atoms with Gasteiger partial charge in [-0.3, -0.25) is 0 Å². The average Bonchev–Trinajstić information content (AvgIpc) is 2.97. The van der Waals surface area contributed by atoms with E-state index in [1.807, 2.05) is 30.3 Å². The van der Waals surface area contributed by atoms with E-state index in [9.17, 15) is 0 Å². The van der Waals surface area contributed by atoms with Crippen LogP contribution in [-0.4, -0.2) is 47.8 Å². The lowest BCUT2D eigenvalue weighted by Gasteiger charge is -2.29. The zero-order chi connectivity index (χ0) is 14.1. The van der Waals surface area contributed by atoms with E-state index in [0.717, 1.165) is 31.1 Å². The minimum atomic E-state index is 0.609. The Morgan fingerprint density at radius 2 is 1.90 bits per heavy atom. The van der Waals surface area contributed by atoms with E-state index in [2.05, 4.69) is 20.0 Å². The van der Waals surface area contributed by atoms with Gasteiger partial charge in [-0.2, -0.15) is 0 Å². The molecule has 2 saturated heterocycles. The molecule has 2 aliphatic heterocycles. The molecule has 2 atom stereocenters. The lowest BCUT2D eigenvalue weighted by atomic mass is 9.99. The second-order valence-corrected chi connectivity index (χ2v) is 6.01. The molecule has 2 fully saturated rings. The summed E-state index contributed by atoms with van der Waals surface area (Å²) in [4.78, 5) is 4.82. The monoisotopic (exact) mass is 284 g/mol. The topological polar surface area (TPSA) is 45.4 Å². The third kappa shape index (κ3) is 2.65. The molecule has 0 radical (unpaired) electrons. The van der Waals surface area contributed by atoms with Crippen LogP contribution in [-0.2, 0) is 0 Å². The second kappa shape index (κ2) is 5.48. The number of hydrogen-bond acceptors (Lipinski definition) is 5. The Morgan fingerprint density at radius 1 is 1.00 bits per heavy atom. The van der Waals surface area contributed by atoms with Crippen molar-refractivity contribution in [1.82, 2.24) is 15.1 Å². The molecule has 0 aliphatic carbocycles. The summed E-state index contributed by atoms with van der Waals surface area (Å²) in [5, 5.41) is 8.47. The van der Waals surface area contributed by atoms with Gasteiger partial charge in [0, 0.05) is 31.7 Å². The molecule has 21 heavy (non-hydrogen) atoms. The molecular weight excluding hydrogens is 264 g/mol. The highest BCUT2D eigenvalue weighted by Crippen LogP contribution is 2.26. The maximum atomic E-state index is 5.90. The van der Waals surface area contributed by atoms with Crippen molar-refractivity contribution in [2.24, 2.45) is 5.92 Å². The van der Waals surface area contributed by atoms with E-state index < -0.39 is 0 Å². The number of piperidine rings is 1. The minimum absolute atomic E-state index is 0.609. The van der Waals surface area contributed by atoms with Crippen LogP contribution in [0.15, 0.2) is 34.7 Å². The molecule has 3 heterocycles. The molecule has 2 aliphatic rings. The van der Waals surface area contributed by atoms with Gasteiger partial charge < -0.3 is 14.2 Å². The van der Waals surface area contributed by atoms with Gasteiger partial charge in [0.15, 0.2) is 0 Å². The van der Waals surface area contributed by atoms with Crippen molar-refractivity contribution >= 4 is 6.01 Å². The lowest BCUT2D eigenvalue weighted by molar-refractivity contribution is 0.200. The van der Waals surface area contributed by atoms with Crippen LogP contribution in [0.3, 0.4) is 0 Å². The summed E-state index contributed by atoms with van der Waals surface area (Å²) in [7, 11) is 0. The third-order valence-corrected chi connectivity index (χ3v) is 4.47. The zero-order valence-corrected chi connectivity index (χ0v) is 12.1. The van der Waals surface area contributed by atoms with Gasteiger partial charge in [0.25, 0.3) is 0 Å². The van der Waals surface area contributed by atoms with Crippen LogP contribution in [0, 0.1) is 5.92 Å². The molecule has 5 heteroatoms. The molecule has 110 valence electrons. The molecule has 2 aromatic rings. The van der Waals surface area contributed by atoms with E-state index in [-0.39, 0.29) is 0 Å². The van der Waals surface area contributed by atoms with Crippen molar-refractivity contribution < 1.29 is 4.42 Å². The highest BCUT2D eigenvalue weighted by molar-refractivity contribution is 5.53. The molecule has 1 aromatic heterocycles. The first kappa shape index (κ1) is 12.8. The smallest absolute Gasteiger partial charge is 0.318 e. The quantitative estimate of drug-likeness (QED) is 0.846. The zero-order valence-electron chi connectivity index (χ0n) is 12.1. The minimum Gasteiger partial charge on any atom is -0.403 e. The number of aromatic nitrogens is 2. The summed E-state index contributed by atoms with van der Waals surface area (Å²) < 4.78 is 5.90. The third-order valence-electron chi connectivity index (χ3n) is 4.47. The fourth-order valence-electron chi connectivity index (χ4n) is 3.38. The van der Waals surface area contributed by atoms with E-state index in [4.69, 9.17) is 4.42 Å². The summed E-state index contributed by atoms with van der Waals surface area (Å²) in [6.45, 7) is 5.57. The Labute approximate surface area is 124 Å². The molecule has 2 unspecified atom stereocenters. The van der Waals surface area contributed by atoms with Crippen LogP contribution >= 0.6 is 0 Å². The molecule has 0 spiro atoms. The molecule has 5 nitrogen and oxygen atoms in total. The van der Waals surface area contributed by atoms with Crippen molar-refractivity contribution in [3.63, 3.8) is 0 Å². The van der Waals surface area contributed by atoms with Crippen LogP contribution in [0.1, 0.15) is 12.8 Å². The lowest BCUT2D eigenvalue weighted by Crippen LogP contribution is -2.35. The van der Waals surface area contributed by atoms with Crippen molar-refractivity contribution in [3.8, 4) is 11.5 Å². The molecule has 2 bridgehead atoms. The van der Waals surface area contributed by atoms with E-state index in [1.165, 1.54) is 25.9 Å². The predicted molar refractivity (Wildman–Crippen MR) is 81.1 cm³/mol. The Kier molecular flexibility index (Phi) is 3.35. The first-order valence-electron chi connectivity index (χ1n) is 7.75.